The summed E-state index contributed by atoms with van der Waals surface area (Å²) in [5, 5.41) is 4.45. The Morgan fingerprint density at radius 1 is 1.07 bits per heavy atom. The zero-order valence-corrected chi connectivity index (χ0v) is 16.0. The third-order valence-corrected chi connectivity index (χ3v) is 5.57. The summed E-state index contributed by atoms with van der Waals surface area (Å²) in [6.07, 6.45) is 6.71. The Morgan fingerprint density at radius 3 is 2.97 bits per heavy atom. The molecular weight excluding hydrogens is 362 g/mol. The maximum Gasteiger partial charge on any atom is 0.238 e. The van der Waals surface area contributed by atoms with Gasteiger partial charge < -0.3 is 9.88 Å². The molecule has 7 heteroatoms. The highest BCUT2D eigenvalue weighted by atomic mass is 15.2. The van der Waals surface area contributed by atoms with Crippen LogP contribution in [0.2, 0.25) is 0 Å². The fraction of sp³-hybridized carbons (Fsp3) is 0.182. The van der Waals surface area contributed by atoms with Crippen molar-refractivity contribution in [1.29, 1.82) is 0 Å². The molecule has 0 amide bonds. The number of rotatable bonds is 2. The van der Waals surface area contributed by atoms with Gasteiger partial charge in [0, 0.05) is 55.6 Å². The molecule has 1 aliphatic heterocycles. The Morgan fingerprint density at radius 2 is 2.00 bits per heavy atom. The molecule has 142 valence electrons. The first-order chi connectivity index (χ1) is 14.3. The van der Waals surface area contributed by atoms with Crippen LogP contribution in [0.1, 0.15) is 11.3 Å². The maximum atomic E-state index is 4.96. The highest BCUT2D eigenvalue weighted by molar-refractivity contribution is 5.92. The predicted octanol–water partition coefficient (Wildman–Crippen LogP) is 3.01. The van der Waals surface area contributed by atoms with Crippen molar-refractivity contribution in [3.8, 4) is 17.2 Å². The molecule has 0 bridgehead atoms. The van der Waals surface area contributed by atoms with Gasteiger partial charge in [0.2, 0.25) is 5.95 Å². The second-order valence-corrected chi connectivity index (χ2v) is 7.40. The van der Waals surface area contributed by atoms with Crippen LogP contribution in [-0.4, -0.2) is 35.6 Å². The molecule has 0 saturated heterocycles. The lowest BCUT2D eigenvalue weighted by molar-refractivity contribution is 0.630. The third kappa shape index (κ3) is 2.55. The van der Waals surface area contributed by atoms with Gasteiger partial charge in [-0.05, 0) is 29.8 Å². The van der Waals surface area contributed by atoms with Crippen molar-refractivity contribution in [2.24, 2.45) is 7.05 Å². The number of imidazole rings is 1. The van der Waals surface area contributed by atoms with Crippen LogP contribution in [0, 0.1) is 0 Å². The molecule has 1 aliphatic rings. The van der Waals surface area contributed by atoms with Crippen LogP contribution in [0.15, 0.2) is 55.1 Å². The first kappa shape index (κ1) is 16.4. The van der Waals surface area contributed by atoms with E-state index in [0.29, 0.717) is 5.95 Å². The minimum absolute atomic E-state index is 0.610. The molecule has 0 aliphatic carbocycles. The highest BCUT2D eigenvalue weighted by Crippen LogP contribution is 2.29. The van der Waals surface area contributed by atoms with Gasteiger partial charge >= 0.3 is 0 Å². The first-order valence-electron chi connectivity index (χ1n) is 9.72. The zero-order valence-electron chi connectivity index (χ0n) is 16.0. The minimum atomic E-state index is 0.610. The molecule has 0 fully saturated rings. The number of fused-ring (bicyclic) bond motifs is 3. The lowest BCUT2D eigenvalue weighted by Gasteiger charge is -2.17. The molecule has 7 nitrogen and oxygen atoms in total. The van der Waals surface area contributed by atoms with E-state index in [2.05, 4.69) is 22.4 Å². The number of pyridine rings is 1. The first-order valence-corrected chi connectivity index (χ1v) is 9.72. The topological polar surface area (TPSA) is 73.5 Å². The lowest BCUT2D eigenvalue weighted by Crippen LogP contribution is -2.24. The normalized spacial score (nSPS) is 13.8. The van der Waals surface area contributed by atoms with Gasteiger partial charge in [0.25, 0.3) is 0 Å². The average Bonchev–Trinajstić information content (AvgIpc) is 3.37. The van der Waals surface area contributed by atoms with Crippen molar-refractivity contribution < 1.29 is 0 Å². The second-order valence-electron chi connectivity index (χ2n) is 7.40. The van der Waals surface area contributed by atoms with Crippen LogP contribution < -0.4 is 5.32 Å². The van der Waals surface area contributed by atoms with Crippen molar-refractivity contribution in [1.82, 2.24) is 34.4 Å². The number of hydrogen-bond donors (Lipinski definition) is 1. The molecule has 0 atom stereocenters. The van der Waals surface area contributed by atoms with Crippen LogP contribution in [0.5, 0.6) is 0 Å². The average molecular weight is 381 g/mol. The summed E-state index contributed by atoms with van der Waals surface area (Å²) in [6, 6.07) is 12.3. The van der Waals surface area contributed by atoms with Gasteiger partial charge in [-0.15, -0.1) is 0 Å². The Hall–Kier alpha value is -3.58. The quantitative estimate of drug-likeness (QED) is 0.509. The summed E-state index contributed by atoms with van der Waals surface area (Å²) in [5.41, 5.74) is 7.11. The molecule has 0 radical (unpaired) electrons. The van der Waals surface area contributed by atoms with E-state index in [1.807, 2.05) is 52.8 Å². The third-order valence-electron chi connectivity index (χ3n) is 5.57. The number of benzene rings is 1. The predicted molar refractivity (Wildman–Crippen MR) is 112 cm³/mol. The van der Waals surface area contributed by atoms with E-state index in [4.69, 9.17) is 15.0 Å². The fourth-order valence-electron chi connectivity index (χ4n) is 4.05. The van der Waals surface area contributed by atoms with Crippen LogP contribution >= 0.6 is 0 Å². The minimum Gasteiger partial charge on any atom is -0.335 e. The van der Waals surface area contributed by atoms with Gasteiger partial charge in [0.1, 0.15) is 12.0 Å². The second kappa shape index (κ2) is 6.22. The molecule has 0 saturated carbocycles. The smallest absolute Gasteiger partial charge is 0.238 e. The molecule has 1 aromatic carbocycles. The SMILES string of the molecule is Cn1ccc2c(-c3cnc4c(c3)CNCC4)nc(-n3cnc4ccccc43)nc21. The van der Waals surface area contributed by atoms with E-state index >= 15 is 0 Å². The van der Waals surface area contributed by atoms with Crippen LogP contribution in [0.25, 0.3) is 39.3 Å². The molecule has 1 N–H and O–H groups in total. The number of nitrogens with zero attached hydrogens (tertiary/aromatic N) is 6. The summed E-state index contributed by atoms with van der Waals surface area (Å²) in [7, 11) is 2.00. The standard InChI is InChI=1S/C22H19N7/c1-28-9-7-16-20(15-10-14-11-23-8-6-17(14)24-12-15)26-22(27-21(16)28)29-13-25-18-4-2-3-5-19(18)29/h2-5,7,9-10,12-13,23H,6,8,11H2,1H3. The maximum absolute atomic E-state index is 4.96. The van der Waals surface area contributed by atoms with Gasteiger partial charge in [0.15, 0.2) is 0 Å². The Labute approximate surface area is 167 Å². The van der Waals surface area contributed by atoms with E-state index in [1.165, 1.54) is 11.3 Å². The van der Waals surface area contributed by atoms with Crippen molar-refractivity contribution in [2.75, 3.05) is 6.54 Å². The number of nitrogens with one attached hydrogen (secondary N) is 1. The summed E-state index contributed by atoms with van der Waals surface area (Å²) in [4.78, 5) is 19.0. The van der Waals surface area contributed by atoms with Gasteiger partial charge in [-0.1, -0.05) is 12.1 Å². The Kier molecular flexibility index (Phi) is 3.51. The molecule has 6 rings (SSSR count). The number of para-hydroxylation sites is 2. The Bertz CT molecular complexity index is 1380. The van der Waals surface area contributed by atoms with Crippen molar-refractivity contribution >= 4 is 22.1 Å². The van der Waals surface area contributed by atoms with Crippen LogP contribution in [-0.2, 0) is 20.0 Å². The fourth-order valence-corrected chi connectivity index (χ4v) is 4.05. The Balaban J connectivity index is 1.60. The largest absolute Gasteiger partial charge is 0.335 e. The van der Waals surface area contributed by atoms with Crippen LogP contribution in [0.3, 0.4) is 0 Å². The van der Waals surface area contributed by atoms with E-state index in [-0.39, 0.29) is 0 Å². The van der Waals surface area contributed by atoms with Gasteiger partial charge in [-0.2, -0.15) is 4.98 Å². The van der Waals surface area contributed by atoms with E-state index in [0.717, 1.165) is 52.8 Å². The highest BCUT2D eigenvalue weighted by Gasteiger charge is 2.17. The summed E-state index contributed by atoms with van der Waals surface area (Å²) >= 11 is 0. The summed E-state index contributed by atoms with van der Waals surface area (Å²) in [6.45, 7) is 1.83. The summed E-state index contributed by atoms with van der Waals surface area (Å²) in [5.74, 6) is 0.610. The number of aryl methyl sites for hydroxylation is 1. The molecular formula is C22H19N7. The van der Waals surface area contributed by atoms with Gasteiger partial charge in [0.05, 0.1) is 16.7 Å². The monoisotopic (exact) mass is 381 g/mol. The molecule has 0 unspecified atom stereocenters. The zero-order chi connectivity index (χ0) is 19.4. The molecule has 0 spiro atoms. The molecule has 4 aromatic heterocycles. The lowest BCUT2D eigenvalue weighted by atomic mass is 10.0. The van der Waals surface area contributed by atoms with E-state index in [9.17, 15) is 0 Å². The molecule has 29 heavy (non-hydrogen) atoms. The van der Waals surface area contributed by atoms with Crippen LogP contribution in [0.4, 0.5) is 0 Å². The van der Waals surface area contributed by atoms with Crippen molar-refractivity contribution in [3.05, 3.63) is 66.4 Å². The molecule has 5 aromatic rings. The summed E-state index contributed by atoms with van der Waals surface area (Å²) < 4.78 is 3.97. The van der Waals surface area contributed by atoms with Crippen molar-refractivity contribution in [3.63, 3.8) is 0 Å². The van der Waals surface area contributed by atoms with E-state index in [1.54, 1.807) is 6.33 Å². The number of aromatic nitrogens is 6. The van der Waals surface area contributed by atoms with Gasteiger partial charge in [-0.25, -0.2) is 9.97 Å². The van der Waals surface area contributed by atoms with E-state index < -0.39 is 0 Å². The van der Waals surface area contributed by atoms with Crippen molar-refractivity contribution in [2.45, 2.75) is 13.0 Å². The molecule has 5 heterocycles. The number of hydrogen-bond acceptors (Lipinski definition) is 5. The van der Waals surface area contributed by atoms with Gasteiger partial charge in [-0.3, -0.25) is 9.55 Å².